The van der Waals surface area contributed by atoms with Crippen molar-refractivity contribution in [2.45, 2.75) is 76.7 Å². The summed E-state index contributed by atoms with van der Waals surface area (Å²) in [4.78, 5) is 0. The van der Waals surface area contributed by atoms with Gasteiger partial charge in [0, 0.05) is 11.8 Å². The van der Waals surface area contributed by atoms with Crippen LogP contribution in [-0.4, -0.2) is 43.9 Å². The van der Waals surface area contributed by atoms with Crippen molar-refractivity contribution in [2.24, 2.45) is 17.8 Å². The first kappa shape index (κ1) is 14.4. The van der Waals surface area contributed by atoms with Crippen LogP contribution in [0.15, 0.2) is 0 Å². The fourth-order valence-electron chi connectivity index (χ4n) is 4.23. The lowest BCUT2D eigenvalue weighted by atomic mass is 9.85. The zero-order valence-corrected chi connectivity index (χ0v) is 13.2. The molecule has 21 heavy (non-hydrogen) atoms. The molecule has 0 aromatic carbocycles. The fourth-order valence-corrected chi connectivity index (χ4v) is 4.23. The SMILES string of the molecule is CCC(CC1OC1C)C1COC(C2CCC3OC3C2)OC1. The van der Waals surface area contributed by atoms with Crippen LogP contribution >= 0.6 is 0 Å². The lowest BCUT2D eigenvalue weighted by Crippen LogP contribution is -2.41. The third-order valence-corrected chi connectivity index (χ3v) is 5.94. The van der Waals surface area contributed by atoms with Gasteiger partial charge in [0.1, 0.15) is 0 Å². The van der Waals surface area contributed by atoms with Crippen LogP contribution in [0.5, 0.6) is 0 Å². The molecule has 6 atom stereocenters. The summed E-state index contributed by atoms with van der Waals surface area (Å²) in [5, 5.41) is 0. The van der Waals surface area contributed by atoms with Gasteiger partial charge in [0.05, 0.1) is 37.6 Å². The largest absolute Gasteiger partial charge is 0.370 e. The quantitative estimate of drug-likeness (QED) is 0.732. The average molecular weight is 296 g/mol. The molecule has 4 heteroatoms. The van der Waals surface area contributed by atoms with Crippen molar-refractivity contribution in [1.29, 1.82) is 0 Å². The van der Waals surface area contributed by atoms with Gasteiger partial charge in [-0.1, -0.05) is 13.3 Å². The van der Waals surface area contributed by atoms with E-state index in [1.807, 2.05) is 0 Å². The van der Waals surface area contributed by atoms with Crippen LogP contribution in [0.4, 0.5) is 0 Å². The van der Waals surface area contributed by atoms with Crippen LogP contribution in [-0.2, 0) is 18.9 Å². The molecule has 0 aromatic rings. The number of hydrogen-bond donors (Lipinski definition) is 0. The molecule has 4 fully saturated rings. The predicted octanol–water partition coefficient (Wildman–Crippen LogP) is 2.75. The highest BCUT2D eigenvalue weighted by molar-refractivity contribution is 4.93. The third-order valence-electron chi connectivity index (χ3n) is 5.94. The van der Waals surface area contributed by atoms with Crippen LogP contribution < -0.4 is 0 Å². The van der Waals surface area contributed by atoms with Crippen LogP contribution in [0.25, 0.3) is 0 Å². The van der Waals surface area contributed by atoms with Crippen LogP contribution in [0.3, 0.4) is 0 Å². The van der Waals surface area contributed by atoms with Crippen molar-refractivity contribution < 1.29 is 18.9 Å². The Morgan fingerprint density at radius 2 is 1.81 bits per heavy atom. The van der Waals surface area contributed by atoms with E-state index in [1.54, 1.807) is 0 Å². The Balaban J connectivity index is 1.25. The minimum atomic E-state index is 0.0139. The van der Waals surface area contributed by atoms with Crippen molar-refractivity contribution in [3.8, 4) is 0 Å². The second kappa shape index (κ2) is 5.80. The summed E-state index contributed by atoms with van der Waals surface area (Å²) in [6, 6.07) is 0. The molecule has 4 nitrogen and oxygen atoms in total. The summed E-state index contributed by atoms with van der Waals surface area (Å²) in [7, 11) is 0. The summed E-state index contributed by atoms with van der Waals surface area (Å²) in [5.41, 5.74) is 0. The predicted molar refractivity (Wildman–Crippen MR) is 77.9 cm³/mol. The zero-order chi connectivity index (χ0) is 14.4. The lowest BCUT2D eigenvalue weighted by molar-refractivity contribution is -0.234. The highest BCUT2D eigenvalue weighted by atomic mass is 16.7. The first-order valence-electron chi connectivity index (χ1n) is 8.78. The van der Waals surface area contributed by atoms with Gasteiger partial charge in [-0.2, -0.15) is 0 Å². The second-order valence-electron chi connectivity index (χ2n) is 7.36. The molecule has 120 valence electrons. The van der Waals surface area contributed by atoms with Gasteiger partial charge in [0.15, 0.2) is 6.29 Å². The monoisotopic (exact) mass is 296 g/mol. The van der Waals surface area contributed by atoms with E-state index in [-0.39, 0.29) is 6.29 Å². The smallest absolute Gasteiger partial charge is 0.160 e. The molecule has 0 amide bonds. The summed E-state index contributed by atoms with van der Waals surface area (Å²) >= 11 is 0. The first-order valence-corrected chi connectivity index (χ1v) is 8.78. The Bertz CT molecular complexity index is 366. The van der Waals surface area contributed by atoms with Gasteiger partial charge < -0.3 is 18.9 Å². The molecule has 0 radical (unpaired) electrons. The maximum absolute atomic E-state index is 6.09. The summed E-state index contributed by atoms with van der Waals surface area (Å²) < 4.78 is 23.4. The number of epoxide rings is 2. The van der Waals surface area contributed by atoms with Gasteiger partial charge in [0.2, 0.25) is 0 Å². The molecule has 0 bridgehead atoms. The summed E-state index contributed by atoms with van der Waals surface area (Å²) in [5.74, 6) is 1.75. The number of rotatable bonds is 5. The molecule has 0 N–H and O–H groups in total. The van der Waals surface area contributed by atoms with Gasteiger partial charge in [0.25, 0.3) is 0 Å². The van der Waals surface area contributed by atoms with Crippen LogP contribution in [0.2, 0.25) is 0 Å². The van der Waals surface area contributed by atoms with Crippen molar-refractivity contribution >= 4 is 0 Å². The molecule has 0 aromatic heterocycles. The highest BCUT2D eigenvalue weighted by Crippen LogP contribution is 2.42. The van der Waals surface area contributed by atoms with E-state index in [1.165, 1.54) is 25.7 Å². The highest BCUT2D eigenvalue weighted by Gasteiger charge is 2.47. The molecule has 4 aliphatic rings. The summed E-state index contributed by atoms with van der Waals surface area (Å²) in [6.45, 7) is 6.15. The van der Waals surface area contributed by atoms with E-state index in [9.17, 15) is 0 Å². The molecule has 3 saturated heterocycles. The van der Waals surface area contributed by atoms with Gasteiger partial charge in [-0.25, -0.2) is 0 Å². The number of fused-ring (bicyclic) bond motifs is 1. The Kier molecular flexibility index (Phi) is 3.99. The molecule has 6 unspecified atom stereocenters. The molecule has 1 saturated carbocycles. The van der Waals surface area contributed by atoms with E-state index in [0.29, 0.717) is 42.2 Å². The molecule has 3 heterocycles. The van der Waals surface area contributed by atoms with E-state index >= 15 is 0 Å². The normalized spacial score (nSPS) is 50.3. The molecule has 0 spiro atoms. The Morgan fingerprint density at radius 1 is 1.05 bits per heavy atom. The zero-order valence-electron chi connectivity index (χ0n) is 13.2. The maximum Gasteiger partial charge on any atom is 0.160 e. The van der Waals surface area contributed by atoms with Crippen molar-refractivity contribution in [3.63, 3.8) is 0 Å². The Morgan fingerprint density at radius 3 is 2.43 bits per heavy atom. The van der Waals surface area contributed by atoms with E-state index < -0.39 is 0 Å². The van der Waals surface area contributed by atoms with E-state index in [4.69, 9.17) is 18.9 Å². The summed E-state index contributed by atoms with van der Waals surface area (Å²) in [6.07, 6.45) is 7.90. The van der Waals surface area contributed by atoms with Crippen LogP contribution in [0, 0.1) is 17.8 Å². The van der Waals surface area contributed by atoms with Crippen molar-refractivity contribution in [3.05, 3.63) is 0 Å². The van der Waals surface area contributed by atoms with Crippen molar-refractivity contribution in [2.75, 3.05) is 13.2 Å². The number of hydrogen-bond acceptors (Lipinski definition) is 4. The molecule has 3 aliphatic heterocycles. The van der Waals surface area contributed by atoms with E-state index in [0.717, 1.165) is 19.6 Å². The van der Waals surface area contributed by atoms with Gasteiger partial charge in [-0.15, -0.1) is 0 Å². The van der Waals surface area contributed by atoms with Gasteiger partial charge in [-0.05, 0) is 38.5 Å². The molecule has 4 rings (SSSR count). The number of ether oxygens (including phenoxy) is 4. The van der Waals surface area contributed by atoms with E-state index in [2.05, 4.69) is 13.8 Å². The Hall–Kier alpha value is -0.160. The first-order chi connectivity index (χ1) is 10.2. The minimum absolute atomic E-state index is 0.0139. The Labute approximate surface area is 127 Å². The maximum atomic E-state index is 6.09. The fraction of sp³-hybridized carbons (Fsp3) is 1.00. The second-order valence-corrected chi connectivity index (χ2v) is 7.36. The lowest BCUT2D eigenvalue weighted by Gasteiger charge is -2.37. The average Bonchev–Trinajstić information content (AvgIpc) is 3.41. The van der Waals surface area contributed by atoms with Crippen LogP contribution in [0.1, 0.15) is 46.0 Å². The van der Waals surface area contributed by atoms with Gasteiger partial charge >= 0.3 is 0 Å². The van der Waals surface area contributed by atoms with Crippen molar-refractivity contribution in [1.82, 2.24) is 0 Å². The molecular weight excluding hydrogens is 268 g/mol. The molecule has 1 aliphatic carbocycles. The topological polar surface area (TPSA) is 43.5 Å². The minimum Gasteiger partial charge on any atom is -0.370 e. The van der Waals surface area contributed by atoms with Gasteiger partial charge in [-0.3, -0.25) is 0 Å². The third kappa shape index (κ3) is 3.14. The standard InChI is InChI=1S/C17H28O4/c1-3-11(6-15-10(2)20-15)13-8-18-17(19-9-13)12-4-5-14-16(7-12)21-14/h10-17H,3-9H2,1-2H3. The molecular formula is C17H28O4.